The number of benzene rings is 1. The monoisotopic (exact) mass is 272 g/mol. The first-order valence-corrected chi connectivity index (χ1v) is 8.11. The summed E-state index contributed by atoms with van der Waals surface area (Å²) >= 11 is 0. The summed E-state index contributed by atoms with van der Waals surface area (Å²) in [7, 11) is 0. The molecule has 2 aliphatic rings. The summed E-state index contributed by atoms with van der Waals surface area (Å²) < 4.78 is 0. The standard InChI is InChI=1S/C18H28N2/c1-14-12-19-17(11-15-7-5-4-6-8-15)13-20(14)18(2,3)16-9-10-16/h4-8,14,16-17,19H,9-13H2,1-3H3. The van der Waals surface area contributed by atoms with Crippen LogP contribution in [0.25, 0.3) is 0 Å². The molecule has 1 aliphatic heterocycles. The van der Waals surface area contributed by atoms with E-state index >= 15 is 0 Å². The zero-order chi connectivity index (χ0) is 14.2. The van der Waals surface area contributed by atoms with E-state index in [0.29, 0.717) is 17.6 Å². The van der Waals surface area contributed by atoms with E-state index in [-0.39, 0.29) is 0 Å². The number of nitrogens with zero attached hydrogens (tertiary/aromatic N) is 1. The maximum absolute atomic E-state index is 3.74. The van der Waals surface area contributed by atoms with Crippen molar-refractivity contribution in [2.45, 2.75) is 57.7 Å². The largest absolute Gasteiger partial charge is 0.311 e. The van der Waals surface area contributed by atoms with Crippen molar-refractivity contribution in [2.75, 3.05) is 13.1 Å². The Morgan fingerprint density at radius 2 is 1.90 bits per heavy atom. The summed E-state index contributed by atoms with van der Waals surface area (Å²) in [6, 6.07) is 12.1. The van der Waals surface area contributed by atoms with Crippen LogP contribution in [-0.2, 0) is 6.42 Å². The van der Waals surface area contributed by atoms with Gasteiger partial charge in [0.05, 0.1) is 0 Å². The summed E-state index contributed by atoms with van der Waals surface area (Å²) in [6.45, 7) is 9.57. The van der Waals surface area contributed by atoms with Crippen LogP contribution in [0.1, 0.15) is 39.2 Å². The Balaban J connectivity index is 1.67. The lowest BCUT2D eigenvalue weighted by Crippen LogP contribution is -2.62. The predicted octanol–water partition coefficient (Wildman–Crippen LogP) is 3.08. The van der Waals surface area contributed by atoms with Gasteiger partial charge in [-0.2, -0.15) is 0 Å². The van der Waals surface area contributed by atoms with Crippen LogP contribution in [0, 0.1) is 5.92 Å². The first-order valence-electron chi connectivity index (χ1n) is 8.11. The highest BCUT2D eigenvalue weighted by Crippen LogP contribution is 2.43. The van der Waals surface area contributed by atoms with Crippen LogP contribution in [0.4, 0.5) is 0 Å². The molecule has 0 bridgehead atoms. The Morgan fingerprint density at radius 1 is 1.20 bits per heavy atom. The minimum absolute atomic E-state index is 0.371. The van der Waals surface area contributed by atoms with Gasteiger partial charge < -0.3 is 5.32 Å². The van der Waals surface area contributed by atoms with E-state index in [9.17, 15) is 0 Å². The van der Waals surface area contributed by atoms with E-state index in [1.165, 1.54) is 24.9 Å². The van der Waals surface area contributed by atoms with Crippen LogP contribution in [0.5, 0.6) is 0 Å². The lowest BCUT2D eigenvalue weighted by atomic mass is 9.91. The third kappa shape index (κ3) is 2.91. The lowest BCUT2D eigenvalue weighted by Gasteiger charge is -2.48. The van der Waals surface area contributed by atoms with Gasteiger partial charge in [-0.15, -0.1) is 0 Å². The molecule has 1 saturated carbocycles. The molecule has 3 rings (SSSR count). The highest BCUT2D eigenvalue weighted by Gasteiger charge is 2.45. The fourth-order valence-electron chi connectivity index (χ4n) is 3.79. The molecule has 110 valence electrons. The Morgan fingerprint density at radius 3 is 2.55 bits per heavy atom. The maximum Gasteiger partial charge on any atom is 0.0236 e. The van der Waals surface area contributed by atoms with Gasteiger partial charge in [-0.3, -0.25) is 4.90 Å². The molecule has 2 unspecified atom stereocenters. The maximum atomic E-state index is 3.74. The predicted molar refractivity (Wildman–Crippen MR) is 84.9 cm³/mol. The van der Waals surface area contributed by atoms with E-state index < -0.39 is 0 Å². The zero-order valence-electron chi connectivity index (χ0n) is 13.1. The summed E-state index contributed by atoms with van der Waals surface area (Å²) in [5.41, 5.74) is 1.82. The molecule has 0 radical (unpaired) electrons. The molecule has 1 aromatic carbocycles. The second-order valence-electron chi connectivity index (χ2n) is 7.22. The van der Waals surface area contributed by atoms with Gasteiger partial charge in [-0.05, 0) is 51.5 Å². The highest BCUT2D eigenvalue weighted by atomic mass is 15.3. The SMILES string of the molecule is CC1CNC(Cc2ccccc2)CN1C(C)(C)C1CC1. The Hall–Kier alpha value is -0.860. The third-order valence-electron chi connectivity index (χ3n) is 5.29. The van der Waals surface area contributed by atoms with E-state index in [2.05, 4.69) is 61.3 Å². The van der Waals surface area contributed by atoms with Crippen molar-refractivity contribution in [3.05, 3.63) is 35.9 Å². The van der Waals surface area contributed by atoms with Crippen LogP contribution in [0.2, 0.25) is 0 Å². The second-order valence-corrected chi connectivity index (χ2v) is 7.22. The van der Waals surface area contributed by atoms with Crippen LogP contribution in [0.3, 0.4) is 0 Å². The lowest BCUT2D eigenvalue weighted by molar-refractivity contribution is 0.0244. The van der Waals surface area contributed by atoms with Gasteiger partial charge >= 0.3 is 0 Å². The molecule has 1 saturated heterocycles. The molecule has 2 atom stereocenters. The number of nitrogens with one attached hydrogen (secondary N) is 1. The number of piperazine rings is 1. The first-order chi connectivity index (χ1) is 9.57. The van der Waals surface area contributed by atoms with Gasteiger partial charge in [0.15, 0.2) is 0 Å². The van der Waals surface area contributed by atoms with E-state index in [0.717, 1.165) is 18.9 Å². The molecule has 1 aliphatic carbocycles. The molecule has 1 heterocycles. The average Bonchev–Trinajstić information content (AvgIpc) is 3.27. The van der Waals surface area contributed by atoms with Gasteiger partial charge in [0, 0.05) is 30.7 Å². The minimum Gasteiger partial charge on any atom is -0.311 e. The smallest absolute Gasteiger partial charge is 0.0236 e. The zero-order valence-corrected chi connectivity index (χ0v) is 13.1. The molecule has 0 amide bonds. The van der Waals surface area contributed by atoms with Gasteiger partial charge in [0.1, 0.15) is 0 Å². The van der Waals surface area contributed by atoms with Gasteiger partial charge in [-0.1, -0.05) is 30.3 Å². The molecule has 2 heteroatoms. The molecule has 20 heavy (non-hydrogen) atoms. The van der Waals surface area contributed by atoms with Crippen LogP contribution < -0.4 is 5.32 Å². The summed E-state index contributed by atoms with van der Waals surface area (Å²) in [5, 5.41) is 3.74. The molecule has 1 aromatic rings. The van der Waals surface area contributed by atoms with Crippen molar-refractivity contribution in [3.63, 3.8) is 0 Å². The number of hydrogen-bond acceptors (Lipinski definition) is 2. The molecule has 1 N–H and O–H groups in total. The Labute approximate surface area is 123 Å². The van der Waals surface area contributed by atoms with E-state index in [1.807, 2.05) is 0 Å². The van der Waals surface area contributed by atoms with Crippen LogP contribution >= 0.6 is 0 Å². The van der Waals surface area contributed by atoms with Gasteiger partial charge in [-0.25, -0.2) is 0 Å². The Bertz CT molecular complexity index is 436. The fraction of sp³-hybridized carbons (Fsp3) is 0.667. The van der Waals surface area contributed by atoms with Crippen molar-refractivity contribution in [1.29, 1.82) is 0 Å². The van der Waals surface area contributed by atoms with Crippen molar-refractivity contribution < 1.29 is 0 Å². The van der Waals surface area contributed by atoms with Crippen molar-refractivity contribution in [2.24, 2.45) is 5.92 Å². The molecular formula is C18H28N2. The third-order valence-corrected chi connectivity index (χ3v) is 5.29. The molecule has 2 fully saturated rings. The van der Waals surface area contributed by atoms with Crippen LogP contribution in [0.15, 0.2) is 30.3 Å². The normalized spacial score (nSPS) is 28.6. The fourth-order valence-corrected chi connectivity index (χ4v) is 3.79. The molecule has 0 spiro atoms. The van der Waals surface area contributed by atoms with Gasteiger partial charge in [0.25, 0.3) is 0 Å². The van der Waals surface area contributed by atoms with E-state index in [4.69, 9.17) is 0 Å². The number of rotatable bonds is 4. The van der Waals surface area contributed by atoms with Gasteiger partial charge in [0.2, 0.25) is 0 Å². The van der Waals surface area contributed by atoms with E-state index in [1.54, 1.807) is 0 Å². The van der Waals surface area contributed by atoms with Crippen molar-refractivity contribution >= 4 is 0 Å². The topological polar surface area (TPSA) is 15.3 Å². The molecule has 2 nitrogen and oxygen atoms in total. The average molecular weight is 272 g/mol. The summed E-state index contributed by atoms with van der Waals surface area (Å²) in [4.78, 5) is 2.76. The first kappa shape index (κ1) is 14.1. The summed E-state index contributed by atoms with van der Waals surface area (Å²) in [6.07, 6.45) is 3.99. The molecule has 0 aromatic heterocycles. The van der Waals surface area contributed by atoms with Crippen molar-refractivity contribution in [1.82, 2.24) is 10.2 Å². The van der Waals surface area contributed by atoms with Crippen molar-refractivity contribution in [3.8, 4) is 0 Å². The second kappa shape index (κ2) is 5.50. The van der Waals surface area contributed by atoms with Crippen LogP contribution in [-0.4, -0.2) is 35.6 Å². The summed E-state index contributed by atoms with van der Waals surface area (Å²) in [5.74, 6) is 0.917. The highest BCUT2D eigenvalue weighted by molar-refractivity contribution is 5.16. The Kier molecular flexibility index (Phi) is 3.87. The minimum atomic E-state index is 0.371. The number of hydrogen-bond donors (Lipinski definition) is 1. The molecular weight excluding hydrogens is 244 g/mol. The quantitative estimate of drug-likeness (QED) is 0.906.